The van der Waals surface area contributed by atoms with Gasteiger partial charge in [-0.3, -0.25) is 9.69 Å². The summed E-state index contributed by atoms with van der Waals surface area (Å²) in [6.45, 7) is 7.41. The molecule has 0 spiro atoms. The highest BCUT2D eigenvalue weighted by atomic mass is 16.2. The monoisotopic (exact) mass is 196 g/mol. The van der Waals surface area contributed by atoms with Gasteiger partial charge in [0, 0.05) is 31.6 Å². The number of piperazine rings is 1. The van der Waals surface area contributed by atoms with Gasteiger partial charge < -0.3 is 4.90 Å². The Morgan fingerprint density at radius 2 is 2.21 bits per heavy atom. The molecule has 80 valence electrons. The minimum Gasteiger partial charge on any atom is -0.337 e. The molecule has 0 saturated carbocycles. The lowest BCUT2D eigenvalue weighted by Gasteiger charge is -2.42. The quantitative estimate of drug-likeness (QED) is 0.627. The van der Waals surface area contributed by atoms with Gasteiger partial charge >= 0.3 is 0 Å². The summed E-state index contributed by atoms with van der Waals surface area (Å²) >= 11 is 0. The van der Waals surface area contributed by atoms with Gasteiger partial charge in [0.2, 0.25) is 5.91 Å². The van der Waals surface area contributed by atoms with E-state index >= 15 is 0 Å². The summed E-state index contributed by atoms with van der Waals surface area (Å²) < 4.78 is 0. The minimum absolute atomic E-state index is 0.323. The van der Waals surface area contributed by atoms with Crippen molar-refractivity contribution in [1.82, 2.24) is 9.80 Å². The highest BCUT2D eigenvalue weighted by Gasteiger charge is 2.35. The van der Waals surface area contributed by atoms with Crippen LogP contribution in [0.2, 0.25) is 0 Å². The molecule has 0 bridgehead atoms. The van der Waals surface area contributed by atoms with Crippen molar-refractivity contribution in [2.45, 2.75) is 45.2 Å². The molecule has 0 aliphatic carbocycles. The van der Waals surface area contributed by atoms with E-state index in [1.807, 2.05) is 6.92 Å². The lowest BCUT2D eigenvalue weighted by atomic mass is 10.1. The summed E-state index contributed by atoms with van der Waals surface area (Å²) in [7, 11) is 0. The van der Waals surface area contributed by atoms with Crippen molar-refractivity contribution in [3.8, 4) is 0 Å². The Hall–Kier alpha value is -0.570. The zero-order chi connectivity index (χ0) is 10.1. The Labute approximate surface area is 86.1 Å². The van der Waals surface area contributed by atoms with Gasteiger partial charge in [0.25, 0.3) is 0 Å². The first-order valence-electron chi connectivity index (χ1n) is 5.76. The number of hydrogen-bond donors (Lipinski definition) is 0. The van der Waals surface area contributed by atoms with Crippen molar-refractivity contribution in [2.24, 2.45) is 0 Å². The average Bonchev–Trinajstić information content (AvgIpc) is 2.62. The number of hydrogen-bond acceptors (Lipinski definition) is 2. The van der Waals surface area contributed by atoms with E-state index in [0.29, 0.717) is 24.4 Å². The van der Waals surface area contributed by atoms with E-state index in [-0.39, 0.29) is 0 Å². The van der Waals surface area contributed by atoms with E-state index in [2.05, 4.69) is 16.7 Å². The minimum atomic E-state index is 0.323. The first-order valence-corrected chi connectivity index (χ1v) is 5.76. The Morgan fingerprint density at radius 3 is 2.93 bits per heavy atom. The second kappa shape index (κ2) is 3.89. The van der Waals surface area contributed by atoms with E-state index < -0.39 is 0 Å². The van der Waals surface area contributed by atoms with Gasteiger partial charge in [0.15, 0.2) is 0 Å². The van der Waals surface area contributed by atoms with Gasteiger partial charge in [-0.2, -0.15) is 0 Å². The number of rotatable bonds is 1. The lowest BCUT2D eigenvalue weighted by Crippen LogP contribution is -2.56. The van der Waals surface area contributed by atoms with Crippen LogP contribution in [0.3, 0.4) is 0 Å². The number of carbonyl (C=O) groups is 1. The largest absolute Gasteiger partial charge is 0.337 e. The van der Waals surface area contributed by atoms with Gasteiger partial charge in [-0.05, 0) is 26.3 Å². The molecule has 2 heterocycles. The second-order valence-corrected chi connectivity index (χ2v) is 4.54. The van der Waals surface area contributed by atoms with Crippen LogP contribution in [0.1, 0.15) is 33.1 Å². The van der Waals surface area contributed by atoms with Crippen LogP contribution in [0.4, 0.5) is 0 Å². The molecule has 1 amide bonds. The fourth-order valence-electron chi connectivity index (χ4n) is 2.74. The van der Waals surface area contributed by atoms with Gasteiger partial charge in [0.1, 0.15) is 0 Å². The molecule has 3 heteroatoms. The molecule has 0 aromatic rings. The fraction of sp³-hybridized carbons (Fsp3) is 0.909. The van der Waals surface area contributed by atoms with Crippen LogP contribution in [0, 0.1) is 0 Å². The van der Waals surface area contributed by atoms with E-state index in [4.69, 9.17) is 0 Å². The highest BCUT2D eigenvalue weighted by Crippen LogP contribution is 2.24. The summed E-state index contributed by atoms with van der Waals surface area (Å²) in [6, 6.07) is 1.07. The molecule has 2 unspecified atom stereocenters. The van der Waals surface area contributed by atoms with Crippen LogP contribution in [-0.2, 0) is 4.79 Å². The van der Waals surface area contributed by atoms with Gasteiger partial charge in [-0.1, -0.05) is 6.92 Å². The molecule has 2 saturated heterocycles. The molecule has 3 nitrogen and oxygen atoms in total. The van der Waals surface area contributed by atoms with Crippen molar-refractivity contribution < 1.29 is 4.79 Å². The third kappa shape index (κ3) is 1.65. The van der Waals surface area contributed by atoms with Crippen molar-refractivity contribution in [3.05, 3.63) is 0 Å². The third-order valence-electron chi connectivity index (χ3n) is 3.56. The maximum Gasteiger partial charge on any atom is 0.222 e. The number of fused-ring (bicyclic) bond motifs is 1. The van der Waals surface area contributed by atoms with Crippen LogP contribution in [0.25, 0.3) is 0 Å². The summed E-state index contributed by atoms with van der Waals surface area (Å²) in [5.41, 5.74) is 0. The molecular formula is C11H20N2O. The Morgan fingerprint density at radius 1 is 1.43 bits per heavy atom. The molecule has 14 heavy (non-hydrogen) atoms. The Balaban J connectivity index is 2.02. The van der Waals surface area contributed by atoms with Crippen molar-refractivity contribution >= 4 is 5.91 Å². The number of amides is 1. The smallest absolute Gasteiger partial charge is 0.222 e. The van der Waals surface area contributed by atoms with E-state index in [1.165, 1.54) is 19.4 Å². The van der Waals surface area contributed by atoms with Crippen LogP contribution in [0.5, 0.6) is 0 Å². The molecule has 0 aromatic carbocycles. The summed E-state index contributed by atoms with van der Waals surface area (Å²) in [5.74, 6) is 0.323. The summed E-state index contributed by atoms with van der Waals surface area (Å²) in [6.07, 6.45) is 3.24. The van der Waals surface area contributed by atoms with Crippen LogP contribution < -0.4 is 0 Å². The zero-order valence-corrected chi connectivity index (χ0v) is 9.20. The van der Waals surface area contributed by atoms with Crippen molar-refractivity contribution in [2.75, 3.05) is 19.6 Å². The number of carbonyl (C=O) groups excluding carboxylic acids is 1. The maximum absolute atomic E-state index is 11.7. The molecular weight excluding hydrogens is 176 g/mol. The molecule has 2 atom stereocenters. The molecule has 2 rings (SSSR count). The molecule has 0 radical (unpaired) electrons. The van der Waals surface area contributed by atoms with Crippen molar-refractivity contribution in [3.63, 3.8) is 0 Å². The first kappa shape index (κ1) is 9.97. The topological polar surface area (TPSA) is 23.6 Å². The second-order valence-electron chi connectivity index (χ2n) is 4.54. The molecule has 2 aliphatic heterocycles. The van der Waals surface area contributed by atoms with Gasteiger partial charge in [0.05, 0.1) is 0 Å². The summed E-state index contributed by atoms with van der Waals surface area (Å²) in [5, 5.41) is 0. The summed E-state index contributed by atoms with van der Waals surface area (Å²) in [4.78, 5) is 16.3. The van der Waals surface area contributed by atoms with Gasteiger partial charge in [-0.15, -0.1) is 0 Å². The fourth-order valence-corrected chi connectivity index (χ4v) is 2.74. The molecule has 2 aliphatic rings. The Bertz CT molecular complexity index is 229. The molecule has 0 N–H and O–H groups in total. The van der Waals surface area contributed by atoms with Crippen molar-refractivity contribution in [1.29, 1.82) is 0 Å². The van der Waals surface area contributed by atoms with Gasteiger partial charge in [-0.25, -0.2) is 0 Å². The maximum atomic E-state index is 11.7. The Kier molecular flexibility index (Phi) is 2.77. The SMILES string of the molecule is CCC(=O)N1CC2CCCN2CC1C. The van der Waals surface area contributed by atoms with E-state index in [9.17, 15) is 4.79 Å². The third-order valence-corrected chi connectivity index (χ3v) is 3.56. The number of nitrogens with zero attached hydrogens (tertiary/aromatic N) is 2. The average molecular weight is 196 g/mol. The highest BCUT2D eigenvalue weighted by molar-refractivity contribution is 5.76. The predicted molar refractivity (Wildman–Crippen MR) is 56.1 cm³/mol. The standard InChI is InChI=1S/C11H20N2O/c1-3-11(14)13-8-10-5-4-6-12(10)7-9(13)2/h9-10H,3-8H2,1-2H3. The van der Waals surface area contributed by atoms with Crippen LogP contribution in [-0.4, -0.2) is 47.4 Å². The van der Waals surface area contributed by atoms with E-state index in [1.54, 1.807) is 0 Å². The predicted octanol–water partition coefficient (Wildman–Crippen LogP) is 1.09. The first-order chi connectivity index (χ1) is 6.72. The lowest BCUT2D eigenvalue weighted by molar-refractivity contribution is -0.136. The zero-order valence-electron chi connectivity index (χ0n) is 9.20. The normalized spacial score (nSPS) is 33.1. The van der Waals surface area contributed by atoms with Crippen LogP contribution in [0.15, 0.2) is 0 Å². The molecule has 0 aromatic heterocycles. The van der Waals surface area contributed by atoms with Crippen LogP contribution >= 0.6 is 0 Å². The van der Waals surface area contributed by atoms with E-state index in [0.717, 1.165) is 13.1 Å². The molecule has 2 fully saturated rings.